The lowest BCUT2D eigenvalue weighted by atomic mass is 9.98. The van der Waals surface area contributed by atoms with Crippen molar-refractivity contribution in [2.75, 3.05) is 0 Å². The fraction of sp³-hybridized carbons (Fsp3) is 0.500. The van der Waals surface area contributed by atoms with Crippen LogP contribution in [0.1, 0.15) is 38.3 Å². The highest BCUT2D eigenvalue weighted by Gasteiger charge is 2.25. The molecule has 0 unspecified atom stereocenters. The van der Waals surface area contributed by atoms with E-state index in [2.05, 4.69) is 12.2 Å². The van der Waals surface area contributed by atoms with Crippen LogP contribution in [0, 0.1) is 5.92 Å². The van der Waals surface area contributed by atoms with E-state index in [1.165, 1.54) is 5.56 Å². The number of carbonyl (C=O) groups excluding carboxylic acids is 1. The number of carboxylic acid groups (broad SMARTS) is 1. The highest BCUT2D eigenvalue weighted by molar-refractivity contribution is 5.85. The van der Waals surface area contributed by atoms with Crippen molar-refractivity contribution in [3.05, 3.63) is 35.4 Å². The van der Waals surface area contributed by atoms with Crippen molar-refractivity contribution in [1.29, 1.82) is 0 Å². The Labute approximate surface area is 120 Å². The first kappa shape index (κ1) is 16.2. The minimum absolute atomic E-state index is 0.0848. The predicted molar refractivity (Wildman–Crippen MR) is 78.5 cm³/mol. The largest absolute Gasteiger partial charge is 0.480 e. The zero-order valence-corrected chi connectivity index (χ0v) is 12.3. The van der Waals surface area contributed by atoms with E-state index in [4.69, 9.17) is 5.11 Å². The molecule has 0 aliphatic rings. The summed E-state index contributed by atoms with van der Waals surface area (Å²) < 4.78 is 0. The molecule has 0 bridgehead atoms. The molecule has 1 amide bonds. The second kappa shape index (κ2) is 7.68. The molecule has 2 atom stereocenters. The Hall–Kier alpha value is -1.84. The van der Waals surface area contributed by atoms with Crippen molar-refractivity contribution in [2.45, 2.75) is 46.1 Å². The lowest BCUT2D eigenvalue weighted by molar-refractivity contribution is -0.143. The van der Waals surface area contributed by atoms with Gasteiger partial charge >= 0.3 is 5.97 Å². The van der Waals surface area contributed by atoms with Crippen LogP contribution in [0.5, 0.6) is 0 Å². The fourth-order valence-corrected chi connectivity index (χ4v) is 2.05. The van der Waals surface area contributed by atoms with E-state index in [1.54, 1.807) is 0 Å². The molecule has 1 aromatic rings. The third kappa shape index (κ3) is 4.68. The molecule has 0 aromatic heterocycles. The molecule has 4 nitrogen and oxygen atoms in total. The van der Waals surface area contributed by atoms with Crippen LogP contribution >= 0.6 is 0 Å². The normalized spacial score (nSPS) is 13.6. The van der Waals surface area contributed by atoms with Crippen LogP contribution in [-0.4, -0.2) is 23.0 Å². The van der Waals surface area contributed by atoms with Gasteiger partial charge in [0.2, 0.25) is 5.91 Å². The average Bonchev–Trinajstić information content (AvgIpc) is 2.43. The minimum atomic E-state index is -0.977. The Morgan fingerprint density at radius 2 is 1.90 bits per heavy atom. The topological polar surface area (TPSA) is 66.4 Å². The summed E-state index contributed by atoms with van der Waals surface area (Å²) in [7, 11) is 0. The molecule has 0 heterocycles. The average molecular weight is 277 g/mol. The summed E-state index contributed by atoms with van der Waals surface area (Å²) in [6.45, 7) is 5.80. The number of carboxylic acids is 1. The van der Waals surface area contributed by atoms with Crippen LogP contribution in [0.25, 0.3) is 0 Å². The van der Waals surface area contributed by atoms with Crippen molar-refractivity contribution in [2.24, 2.45) is 5.92 Å². The van der Waals surface area contributed by atoms with Crippen LogP contribution in [0.15, 0.2) is 24.3 Å². The van der Waals surface area contributed by atoms with Crippen LogP contribution < -0.4 is 5.32 Å². The van der Waals surface area contributed by atoms with Crippen LogP contribution in [-0.2, 0) is 22.4 Å². The van der Waals surface area contributed by atoms with Gasteiger partial charge in [-0.05, 0) is 23.5 Å². The van der Waals surface area contributed by atoms with Crippen LogP contribution in [0.4, 0.5) is 0 Å². The van der Waals surface area contributed by atoms with E-state index in [-0.39, 0.29) is 18.2 Å². The maximum absolute atomic E-state index is 12.0. The summed E-state index contributed by atoms with van der Waals surface area (Å²) in [4.78, 5) is 23.1. The Balaban J connectivity index is 2.68. The molecule has 0 spiro atoms. The van der Waals surface area contributed by atoms with Gasteiger partial charge in [0.1, 0.15) is 6.04 Å². The molecule has 0 radical (unpaired) electrons. The minimum Gasteiger partial charge on any atom is -0.480 e. The molecule has 20 heavy (non-hydrogen) atoms. The number of carbonyl (C=O) groups is 2. The fourth-order valence-electron chi connectivity index (χ4n) is 2.05. The van der Waals surface area contributed by atoms with Gasteiger partial charge in [-0.25, -0.2) is 4.79 Å². The van der Waals surface area contributed by atoms with Gasteiger partial charge in [-0.2, -0.15) is 0 Å². The van der Waals surface area contributed by atoms with Gasteiger partial charge in [-0.1, -0.05) is 51.5 Å². The first-order chi connectivity index (χ1) is 9.47. The summed E-state index contributed by atoms with van der Waals surface area (Å²) in [6, 6.07) is 6.99. The summed E-state index contributed by atoms with van der Waals surface area (Å²) in [5.41, 5.74) is 2.09. The Morgan fingerprint density at radius 1 is 1.25 bits per heavy atom. The number of hydrogen-bond acceptors (Lipinski definition) is 2. The highest BCUT2D eigenvalue weighted by Crippen LogP contribution is 2.10. The van der Waals surface area contributed by atoms with Crippen molar-refractivity contribution in [3.8, 4) is 0 Å². The van der Waals surface area contributed by atoms with Crippen molar-refractivity contribution in [3.63, 3.8) is 0 Å². The molecule has 4 heteroatoms. The third-order valence-electron chi connectivity index (χ3n) is 3.56. The number of aryl methyl sites for hydroxylation is 1. The molecule has 0 saturated carbocycles. The Kier molecular flexibility index (Phi) is 6.22. The summed E-state index contributed by atoms with van der Waals surface area (Å²) in [5.74, 6) is -1.31. The van der Waals surface area contributed by atoms with Gasteiger partial charge in [0.25, 0.3) is 0 Å². The first-order valence-electron chi connectivity index (χ1n) is 7.07. The number of aliphatic carboxylic acids is 1. The van der Waals surface area contributed by atoms with Crippen LogP contribution in [0.3, 0.4) is 0 Å². The number of nitrogens with one attached hydrogen (secondary N) is 1. The second-order valence-corrected chi connectivity index (χ2v) is 5.12. The summed E-state index contributed by atoms with van der Waals surface area (Å²) >= 11 is 0. The first-order valence-corrected chi connectivity index (χ1v) is 7.07. The van der Waals surface area contributed by atoms with Gasteiger partial charge in [-0.3, -0.25) is 4.79 Å². The number of hydrogen-bond donors (Lipinski definition) is 2. The van der Waals surface area contributed by atoms with E-state index < -0.39 is 12.0 Å². The van der Waals surface area contributed by atoms with Gasteiger partial charge in [0.05, 0.1) is 6.42 Å². The molecular formula is C16H23NO3. The highest BCUT2D eigenvalue weighted by atomic mass is 16.4. The maximum Gasteiger partial charge on any atom is 0.326 e. The lowest BCUT2D eigenvalue weighted by Crippen LogP contribution is -2.45. The zero-order chi connectivity index (χ0) is 15.1. The molecule has 1 rings (SSSR count). The Bertz CT molecular complexity index is 471. The van der Waals surface area contributed by atoms with E-state index in [0.29, 0.717) is 6.42 Å². The summed E-state index contributed by atoms with van der Waals surface area (Å²) in [6.07, 6.45) is 1.84. The molecule has 0 aliphatic heterocycles. The van der Waals surface area contributed by atoms with E-state index >= 15 is 0 Å². The van der Waals surface area contributed by atoms with Gasteiger partial charge in [0, 0.05) is 0 Å². The maximum atomic E-state index is 12.0. The predicted octanol–water partition coefficient (Wildman–Crippen LogP) is 2.41. The molecule has 2 N–H and O–H groups in total. The van der Waals surface area contributed by atoms with E-state index in [0.717, 1.165) is 12.0 Å². The van der Waals surface area contributed by atoms with E-state index in [9.17, 15) is 9.59 Å². The third-order valence-corrected chi connectivity index (χ3v) is 3.56. The lowest BCUT2D eigenvalue weighted by Gasteiger charge is -2.20. The van der Waals surface area contributed by atoms with Crippen LogP contribution in [0.2, 0.25) is 0 Å². The van der Waals surface area contributed by atoms with Crippen molar-refractivity contribution in [1.82, 2.24) is 5.32 Å². The van der Waals surface area contributed by atoms with Crippen molar-refractivity contribution < 1.29 is 14.7 Å². The number of benzene rings is 1. The SMILES string of the molecule is CCc1cccc(CC(=O)N[C@H](C(=O)O)[C@@H](C)CC)c1. The molecule has 1 aromatic carbocycles. The Morgan fingerprint density at radius 3 is 2.45 bits per heavy atom. The molecule has 0 saturated heterocycles. The molecular weight excluding hydrogens is 254 g/mol. The molecule has 110 valence electrons. The smallest absolute Gasteiger partial charge is 0.326 e. The van der Waals surface area contributed by atoms with Crippen molar-refractivity contribution >= 4 is 11.9 Å². The molecule has 0 fully saturated rings. The van der Waals surface area contributed by atoms with E-state index in [1.807, 2.05) is 38.1 Å². The number of amides is 1. The summed E-state index contributed by atoms with van der Waals surface area (Å²) in [5, 5.41) is 11.8. The van der Waals surface area contributed by atoms with Gasteiger partial charge in [0.15, 0.2) is 0 Å². The number of rotatable bonds is 7. The standard InChI is InChI=1S/C16H23NO3/c1-4-11(3)15(16(19)20)17-14(18)10-13-8-6-7-12(5-2)9-13/h6-9,11,15H,4-5,10H2,1-3H3,(H,17,18)(H,19,20)/t11-,15-/m0/s1. The molecule has 0 aliphatic carbocycles. The van der Waals surface area contributed by atoms with Gasteiger partial charge in [-0.15, -0.1) is 0 Å². The monoisotopic (exact) mass is 277 g/mol. The quantitative estimate of drug-likeness (QED) is 0.804. The van der Waals surface area contributed by atoms with Gasteiger partial charge < -0.3 is 10.4 Å². The second-order valence-electron chi connectivity index (χ2n) is 5.12. The zero-order valence-electron chi connectivity index (χ0n) is 12.3.